The Morgan fingerprint density at radius 1 is 1.11 bits per heavy atom. The van der Waals surface area contributed by atoms with Gasteiger partial charge in [0, 0.05) is 13.1 Å². The maximum Gasteiger partial charge on any atom is 0.0776 e. The molecule has 3 rings (SSSR count). The van der Waals surface area contributed by atoms with Crippen molar-refractivity contribution in [2.24, 2.45) is 0 Å². The first kappa shape index (κ1) is 11.1. The number of benzene rings is 1. The number of nitrogens with zero attached hydrogens (tertiary/aromatic N) is 3. The average Bonchev–Trinajstić information content (AvgIpc) is 2.89. The van der Waals surface area contributed by atoms with Crippen LogP contribution < -0.4 is 10.3 Å². The van der Waals surface area contributed by atoms with Gasteiger partial charge in [-0.1, -0.05) is 18.2 Å². The van der Waals surface area contributed by atoms with Crippen molar-refractivity contribution in [2.45, 2.75) is 0 Å². The Hall–Kier alpha value is -2.01. The van der Waals surface area contributed by atoms with E-state index >= 15 is 0 Å². The van der Waals surface area contributed by atoms with E-state index in [1.165, 1.54) is 0 Å². The van der Waals surface area contributed by atoms with Crippen molar-refractivity contribution in [3.05, 3.63) is 42.7 Å². The van der Waals surface area contributed by atoms with Gasteiger partial charge in [-0.2, -0.15) is 9.89 Å². The zero-order valence-electron chi connectivity index (χ0n) is 10.1. The molecule has 0 atom stereocenters. The summed E-state index contributed by atoms with van der Waals surface area (Å²) in [6.07, 6.45) is 3.87. The number of hydrogen-bond acceptors (Lipinski definition) is 4. The lowest BCUT2D eigenvalue weighted by atomic mass is 10.3. The van der Waals surface area contributed by atoms with Crippen LogP contribution in [0.3, 0.4) is 0 Å². The molecule has 0 amide bonds. The highest BCUT2D eigenvalue weighted by molar-refractivity contribution is 5.46. The Kier molecular flexibility index (Phi) is 3.14. The largest absolute Gasteiger partial charge is 0.378 e. The quantitative estimate of drug-likeness (QED) is 0.890. The van der Waals surface area contributed by atoms with Crippen LogP contribution in [0.4, 0.5) is 11.4 Å². The summed E-state index contributed by atoms with van der Waals surface area (Å²) in [5, 5.41) is 4.31. The molecule has 5 nitrogen and oxygen atoms in total. The second-order valence-corrected chi connectivity index (χ2v) is 4.22. The van der Waals surface area contributed by atoms with Gasteiger partial charge in [0.15, 0.2) is 0 Å². The van der Waals surface area contributed by atoms with Crippen LogP contribution in [0.5, 0.6) is 0 Å². The van der Waals surface area contributed by atoms with E-state index < -0.39 is 0 Å². The number of aromatic nitrogens is 2. The third kappa shape index (κ3) is 2.46. The summed E-state index contributed by atoms with van der Waals surface area (Å²) in [7, 11) is 0. The predicted molar refractivity (Wildman–Crippen MR) is 70.7 cm³/mol. The first-order valence-electron chi connectivity index (χ1n) is 6.11. The van der Waals surface area contributed by atoms with Crippen LogP contribution in [0.15, 0.2) is 42.7 Å². The van der Waals surface area contributed by atoms with E-state index in [9.17, 15) is 0 Å². The van der Waals surface area contributed by atoms with Crippen molar-refractivity contribution >= 4 is 11.4 Å². The van der Waals surface area contributed by atoms with Gasteiger partial charge in [-0.25, -0.2) is 0 Å². The Balaban J connectivity index is 1.69. The van der Waals surface area contributed by atoms with Crippen molar-refractivity contribution in [1.29, 1.82) is 0 Å². The van der Waals surface area contributed by atoms with E-state index in [4.69, 9.17) is 4.74 Å². The molecule has 5 heteroatoms. The fraction of sp³-hybridized carbons (Fsp3) is 0.308. The molecule has 0 spiro atoms. The molecule has 0 radical (unpaired) electrons. The molecule has 1 aliphatic rings. The van der Waals surface area contributed by atoms with Gasteiger partial charge in [0.1, 0.15) is 0 Å². The topological polar surface area (TPSA) is 42.3 Å². The second-order valence-electron chi connectivity index (χ2n) is 4.22. The molecule has 0 unspecified atom stereocenters. The standard InChI is InChI=1S/C13H16N4O/c1-2-4-12(5-3-1)15-17-11-13(10-14-17)16-6-8-18-9-7-16/h1-5,10-11,15H,6-9H2. The Morgan fingerprint density at radius 3 is 2.67 bits per heavy atom. The molecule has 1 aromatic carbocycles. The smallest absolute Gasteiger partial charge is 0.0776 e. The molecular weight excluding hydrogens is 228 g/mol. The summed E-state index contributed by atoms with van der Waals surface area (Å²) in [4.78, 5) is 4.01. The molecule has 1 aromatic heterocycles. The van der Waals surface area contributed by atoms with Gasteiger partial charge in [-0.3, -0.25) is 5.43 Å². The summed E-state index contributed by atoms with van der Waals surface area (Å²) in [5.74, 6) is 0. The van der Waals surface area contributed by atoms with Gasteiger partial charge in [-0.15, -0.1) is 0 Å². The molecule has 2 heterocycles. The summed E-state index contributed by atoms with van der Waals surface area (Å²) < 4.78 is 5.34. The third-order valence-electron chi connectivity index (χ3n) is 2.96. The van der Waals surface area contributed by atoms with Gasteiger partial charge in [-0.05, 0) is 12.1 Å². The molecule has 0 bridgehead atoms. The predicted octanol–water partition coefficient (Wildman–Crippen LogP) is 1.59. The first-order valence-corrected chi connectivity index (χ1v) is 6.11. The zero-order chi connectivity index (χ0) is 12.2. The first-order chi connectivity index (χ1) is 8.92. The average molecular weight is 244 g/mol. The van der Waals surface area contributed by atoms with Crippen molar-refractivity contribution in [3.8, 4) is 0 Å². The van der Waals surface area contributed by atoms with Crippen LogP contribution in [0.1, 0.15) is 0 Å². The Bertz CT molecular complexity index is 491. The van der Waals surface area contributed by atoms with Crippen molar-refractivity contribution in [1.82, 2.24) is 9.89 Å². The number of nitrogens with one attached hydrogen (secondary N) is 1. The minimum absolute atomic E-state index is 0.789. The number of anilines is 2. The molecular formula is C13H16N4O. The highest BCUT2D eigenvalue weighted by Gasteiger charge is 2.12. The van der Waals surface area contributed by atoms with Crippen LogP contribution in [0, 0.1) is 0 Å². The molecule has 2 aromatic rings. The summed E-state index contributed by atoms with van der Waals surface area (Å²) in [6.45, 7) is 3.43. The Morgan fingerprint density at radius 2 is 1.89 bits per heavy atom. The normalized spacial score (nSPS) is 15.7. The van der Waals surface area contributed by atoms with Crippen LogP contribution in [0.2, 0.25) is 0 Å². The van der Waals surface area contributed by atoms with E-state index in [0.717, 1.165) is 37.7 Å². The second kappa shape index (κ2) is 5.10. The summed E-state index contributed by atoms with van der Waals surface area (Å²) in [5.41, 5.74) is 5.36. The van der Waals surface area contributed by atoms with E-state index in [-0.39, 0.29) is 0 Å². The third-order valence-corrected chi connectivity index (χ3v) is 2.96. The lowest BCUT2D eigenvalue weighted by molar-refractivity contribution is 0.122. The van der Waals surface area contributed by atoms with Gasteiger partial charge in [0.2, 0.25) is 0 Å². The maximum absolute atomic E-state index is 5.34. The molecule has 1 saturated heterocycles. The van der Waals surface area contributed by atoms with E-state index in [1.807, 2.05) is 42.7 Å². The van der Waals surface area contributed by atoms with Gasteiger partial charge in [0.25, 0.3) is 0 Å². The zero-order valence-corrected chi connectivity index (χ0v) is 10.1. The highest BCUT2D eigenvalue weighted by Crippen LogP contribution is 2.14. The maximum atomic E-state index is 5.34. The number of ether oxygens (including phenoxy) is 1. The van der Waals surface area contributed by atoms with Crippen LogP contribution in [-0.4, -0.2) is 36.2 Å². The molecule has 0 saturated carbocycles. The number of rotatable bonds is 3. The van der Waals surface area contributed by atoms with Crippen molar-refractivity contribution in [3.63, 3.8) is 0 Å². The van der Waals surface area contributed by atoms with Crippen LogP contribution >= 0.6 is 0 Å². The molecule has 1 aliphatic heterocycles. The number of morpholine rings is 1. The minimum atomic E-state index is 0.789. The molecule has 18 heavy (non-hydrogen) atoms. The lowest BCUT2D eigenvalue weighted by Gasteiger charge is -2.27. The Labute approximate surface area is 106 Å². The van der Waals surface area contributed by atoms with E-state index in [2.05, 4.69) is 15.4 Å². The molecule has 1 N–H and O–H groups in total. The van der Waals surface area contributed by atoms with Crippen LogP contribution in [0.25, 0.3) is 0 Å². The summed E-state index contributed by atoms with van der Waals surface area (Å²) >= 11 is 0. The van der Waals surface area contributed by atoms with Crippen molar-refractivity contribution in [2.75, 3.05) is 36.6 Å². The number of para-hydroxylation sites is 1. The minimum Gasteiger partial charge on any atom is -0.378 e. The SMILES string of the molecule is c1ccc(Nn2cc(N3CCOCC3)cn2)cc1. The lowest BCUT2D eigenvalue weighted by Crippen LogP contribution is -2.35. The highest BCUT2D eigenvalue weighted by atomic mass is 16.5. The van der Waals surface area contributed by atoms with Gasteiger partial charge < -0.3 is 9.64 Å². The molecule has 94 valence electrons. The fourth-order valence-electron chi connectivity index (χ4n) is 2.00. The van der Waals surface area contributed by atoms with Crippen molar-refractivity contribution < 1.29 is 4.74 Å². The molecule has 0 aliphatic carbocycles. The van der Waals surface area contributed by atoms with Gasteiger partial charge in [0.05, 0.1) is 37.0 Å². The van der Waals surface area contributed by atoms with Gasteiger partial charge >= 0.3 is 0 Å². The van der Waals surface area contributed by atoms with E-state index in [1.54, 1.807) is 4.79 Å². The summed E-state index contributed by atoms with van der Waals surface area (Å²) in [6, 6.07) is 10.0. The van der Waals surface area contributed by atoms with E-state index in [0.29, 0.717) is 0 Å². The fourth-order valence-corrected chi connectivity index (χ4v) is 2.00. The van der Waals surface area contributed by atoms with Crippen LogP contribution in [-0.2, 0) is 4.74 Å². The monoisotopic (exact) mass is 244 g/mol. The molecule has 1 fully saturated rings. The number of hydrogen-bond donors (Lipinski definition) is 1.